The average Bonchev–Trinajstić information content (AvgIpc) is 2.68. The monoisotopic (exact) mass is 258 g/mol. The Morgan fingerprint density at radius 2 is 1.95 bits per heavy atom. The summed E-state index contributed by atoms with van der Waals surface area (Å²) in [4.78, 5) is 2.18. The molecule has 4 nitrogen and oxygen atoms in total. The quantitative estimate of drug-likeness (QED) is 0.894. The van der Waals surface area contributed by atoms with Crippen LogP contribution in [-0.2, 0) is 20.1 Å². The third-order valence-electron chi connectivity index (χ3n) is 3.31. The third-order valence-corrected chi connectivity index (χ3v) is 3.31. The number of hydrogen-bond donors (Lipinski definition) is 1. The SMILES string of the molecule is Cc1c(CNc2ccccc2CN(C)C)cnn1C. The van der Waals surface area contributed by atoms with E-state index in [2.05, 4.69) is 60.6 Å². The molecule has 0 saturated heterocycles. The highest BCUT2D eigenvalue weighted by molar-refractivity contribution is 5.51. The Kier molecular flexibility index (Phi) is 4.22. The van der Waals surface area contributed by atoms with Gasteiger partial charge in [0.2, 0.25) is 0 Å². The van der Waals surface area contributed by atoms with Crippen LogP contribution in [0.4, 0.5) is 5.69 Å². The Hall–Kier alpha value is -1.81. The highest BCUT2D eigenvalue weighted by atomic mass is 15.3. The van der Waals surface area contributed by atoms with Gasteiger partial charge in [0, 0.05) is 37.1 Å². The first-order valence-corrected chi connectivity index (χ1v) is 6.52. The molecule has 0 bridgehead atoms. The Morgan fingerprint density at radius 1 is 1.21 bits per heavy atom. The van der Waals surface area contributed by atoms with Crippen molar-refractivity contribution in [1.29, 1.82) is 0 Å². The van der Waals surface area contributed by atoms with Crippen molar-refractivity contribution in [1.82, 2.24) is 14.7 Å². The second-order valence-corrected chi connectivity index (χ2v) is 5.13. The van der Waals surface area contributed by atoms with Crippen molar-refractivity contribution < 1.29 is 0 Å². The molecule has 1 heterocycles. The Bertz CT molecular complexity index is 543. The number of benzene rings is 1. The number of nitrogens with one attached hydrogen (secondary N) is 1. The van der Waals surface area contributed by atoms with E-state index < -0.39 is 0 Å². The molecule has 0 aliphatic heterocycles. The summed E-state index contributed by atoms with van der Waals surface area (Å²) in [5, 5.41) is 7.78. The second-order valence-electron chi connectivity index (χ2n) is 5.13. The Labute approximate surface area is 115 Å². The van der Waals surface area contributed by atoms with Crippen molar-refractivity contribution in [3.05, 3.63) is 47.3 Å². The molecular formula is C15H22N4. The fraction of sp³-hybridized carbons (Fsp3) is 0.400. The predicted molar refractivity (Wildman–Crippen MR) is 79.1 cm³/mol. The zero-order chi connectivity index (χ0) is 13.8. The molecule has 1 N–H and O–H groups in total. The maximum absolute atomic E-state index is 4.27. The average molecular weight is 258 g/mol. The maximum atomic E-state index is 4.27. The largest absolute Gasteiger partial charge is 0.381 e. The zero-order valence-corrected chi connectivity index (χ0v) is 12.1. The normalized spacial score (nSPS) is 11.0. The number of hydrogen-bond acceptors (Lipinski definition) is 3. The van der Waals surface area contributed by atoms with Crippen molar-refractivity contribution in [3.8, 4) is 0 Å². The molecule has 102 valence electrons. The van der Waals surface area contributed by atoms with E-state index in [0.29, 0.717) is 0 Å². The molecule has 2 aromatic rings. The number of aryl methyl sites for hydroxylation is 1. The molecule has 0 radical (unpaired) electrons. The molecule has 0 spiro atoms. The summed E-state index contributed by atoms with van der Waals surface area (Å²) < 4.78 is 1.91. The summed E-state index contributed by atoms with van der Waals surface area (Å²) in [6.45, 7) is 3.84. The van der Waals surface area contributed by atoms with Crippen molar-refractivity contribution in [2.45, 2.75) is 20.0 Å². The first-order chi connectivity index (χ1) is 9.08. The van der Waals surface area contributed by atoms with E-state index in [-0.39, 0.29) is 0 Å². The standard InChI is InChI=1S/C15H22N4/c1-12-14(10-17-19(12)4)9-16-15-8-6-5-7-13(15)11-18(2)3/h5-8,10,16H,9,11H2,1-4H3. The van der Waals surface area contributed by atoms with Crippen LogP contribution in [0.3, 0.4) is 0 Å². The van der Waals surface area contributed by atoms with Crippen LogP contribution in [0.5, 0.6) is 0 Å². The lowest BCUT2D eigenvalue weighted by molar-refractivity contribution is 0.403. The van der Waals surface area contributed by atoms with Gasteiger partial charge < -0.3 is 10.2 Å². The van der Waals surface area contributed by atoms with Crippen molar-refractivity contribution in [3.63, 3.8) is 0 Å². The Morgan fingerprint density at radius 3 is 2.58 bits per heavy atom. The molecule has 0 aliphatic rings. The predicted octanol–water partition coefficient (Wildman–Crippen LogP) is 2.40. The first kappa shape index (κ1) is 13.6. The van der Waals surface area contributed by atoms with Gasteiger partial charge in [-0.3, -0.25) is 4.68 Å². The van der Waals surface area contributed by atoms with Gasteiger partial charge in [-0.1, -0.05) is 18.2 Å². The van der Waals surface area contributed by atoms with E-state index in [9.17, 15) is 0 Å². The number of nitrogens with zero attached hydrogens (tertiary/aromatic N) is 3. The van der Waals surface area contributed by atoms with Gasteiger partial charge in [-0.15, -0.1) is 0 Å². The van der Waals surface area contributed by atoms with Gasteiger partial charge in [-0.05, 0) is 32.6 Å². The van der Waals surface area contributed by atoms with Crippen LogP contribution < -0.4 is 5.32 Å². The van der Waals surface area contributed by atoms with Crippen molar-refractivity contribution in [2.75, 3.05) is 19.4 Å². The smallest absolute Gasteiger partial charge is 0.0542 e. The zero-order valence-electron chi connectivity index (χ0n) is 12.1. The molecular weight excluding hydrogens is 236 g/mol. The minimum Gasteiger partial charge on any atom is -0.381 e. The van der Waals surface area contributed by atoms with Crippen LogP contribution in [0, 0.1) is 6.92 Å². The second kappa shape index (κ2) is 5.89. The molecule has 19 heavy (non-hydrogen) atoms. The van der Waals surface area contributed by atoms with Crippen LogP contribution in [0.1, 0.15) is 16.8 Å². The van der Waals surface area contributed by atoms with Crippen molar-refractivity contribution >= 4 is 5.69 Å². The number of aromatic nitrogens is 2. The fourth-order valence-electron chi connectivity index (χ4n) is 2.08. The van der Waals surface area contributed by atoms with E-state index in [1.54, 1.807) is 0 Å². The van der Waals surface area contributed by atoms with E-state index in [4.69, 9.17) is 0 Å². The van der Waals surface area contributed by atoms with Crippen LogP contribution in [0.2, 0.25) is 0 Å². The Balaban J connectivity index is 2.09. The highest BCUT2D eigenvalue weighted by Gasteiger charge is 2.06. The van der Waals surface area contributed by atoms with Crippen LogP contribution >= 0.6 is 0 Å². The van der Waals surface area contributed by atoms with Gasteiger partial charge in [0.1, 0.15) is 0 Å². The lowest BCUT2D eigenvalue weighted by Crippen LogP contribution is -2.13. The molecule has 4 heteroatoms. The van der Waals surface area contributed by atoms with E-state index in [1.807, 2.05) is 17.9 Å². The van der Waals surface area contributed by atoms with Crippen molar-refractivity contribution in [2.24, 2.45) is 7.05 Å². The summed E-state index contributed by atoms with van der Waals surface area (Å²) in [5.41, 5.74) is 4.95. The molecule has 0 aliphatic carbocycles. The summed E-state index contributed by atoms with van der Waals surface area (Å²) in [7, 11) is 6.14. The van der Waals surface area contributed by atoms with Gasteiger partial charge in [0.15, 0.2) is 0 Å². The molecule has 1 aromatic carbocycles. The molecule has 1 aromatic heterocycles. The lowest BCUT2D eigenvalue weighted by Gasteiger charge is -2.15. The number of anilines is 1. The van der Waals surface area contributed by atoms with Crippen LogP contribution in [0.25, 0.3) is 0 Å². The van der Waals surface area contributed by atoms with Gasteiger partial charge >= 0.3 is 0 Å². The third kappa shape index (κ3) is 3.35. The van der Waals surface area contributed by atoms with Gasteiger partial charge in [-0.25, -0.2) is 0 Å². The number of para-hydroxylation sites is 1. The van der Waals surface area contributed by atoms with E-state index in [1.165, 1.54) is 22.5 Å². The van der Waals surface area contributed by atoms with E-state index >= 15 is 0 Å². The molecule has 0 amide bonds. The summed E-state index contributed by atoms with van der Waals surface area (Å²) in [5.74, 6) is 0. The van der Waals surface area contributed by atoms with Gasteiger partial charge in [0.05, 0.1) is 6.20 Å². The molecule has 0 fully saturated rings. The number of rotatable bonds is 5. The highest BCUT2D eigenvalue weighted by Crippen LogP contribution is 2.18. The first-order valence-electron chi connectivity index (χ1n) is 6.52. The van der Waals surface area contributed by atoms with E-state index in [0.717, 1.165) is 13.1 Å². The summed E-state index contributed by atoms with van der Waals surface area (Å²) >= 11 is 0. The minimum absolute atomic E-state index is 0.810. The van der Waals surface area contributed by atoms with Crippen LogP contribution in [0.15, 0.2) is 30.5 Å². The molecule has 0 saturated carbocycles. The lowest BCUT2D eigenvalue weighted by atomic mass is 10.1. The van der Waals surface area contributed by atoms with Gasteiger partial charge in [0.25, 0.3) is 0 Å². The summed E-state index contributed by atoms with van der Waals surface area (Å²) in [6.07, 6.45) is 1.93. The minimum atomic E-state index is 0.810. The fourth-order valence-corrected chi connectivity index (χ4v) is 2.08. The maximum Gasteiger partial charge on any atom is 0.0542 e. The molecule has 0 unspecified atom stereocenters. The van der Waals surface area contributed by atoms with Gasteiger partial charge in [-0.2, -0.15) is 5.10 Å². The summed E-state index contributed by atoms with van der Waals surface area (Å²) in [6, 6.07) is 8.44. The molecule has 0 atom stereocenters. The van der Waals surface area contributed by atoms with Crippen LogP contribution in [-0.4, -0.2) is 28.8 Å². The topological polar surface area (TPSA) is 33.1 Å². The molecule has 2 rings (SSSR count).